The predicted molar refractivity (Wildman–Crippen MR) is 77.5 cm³/mol. The van der Waals surface area contributed by atoms with Gasteiger partial charge in [0.15, 0.2) is 0 Å². The number of hydrogen-bond donors (Lipinski definition) is 2. The van der Waals surface area contributed by atoms with E-state index in [1.807, 2.05) is 30.3 Å². The number of para-hydroxylation sites is 1. The zero-order valence-corrected chi connectivity index (χ0v) is 11.3. The van der Waals surface area contributed by atoms with E-state index in [-0.39, 0.29) is 18.2 Å². The number of carboxylic acid groups (broad SMARTS) is 1. The zero-order valence-electron chi connectivity index (χ0n) is 11.3. The van der Waals surface area contributed by atoms with Gasteiger partial charge in [-0.1, -0.05) is 30.4 Å². The quantitative estimate of drug-likeness (QED) is 0.810. The third-order valence-corrected chi connectivity index (χ3v) is 3.52. The van der Waals surface area contributed by atoms with E-state index in [4.69, 9.17) is 5.11 Å². The highest BCUT2D eigenvalue weighted by Gasteiger charge is 2.19. The number of carbonyl (C=O) groups is 2. The Labute approximate surface area is 118 Å². The van der Waals surface area contributed by atoms with Crippen LogP contribution in [0.4, 0.5) is 5.69 Å². The van der Waals surface area contributed by atoms with E-state index in [0.717, 1.165) is 30.5 Å². The number of benzene rings is 1. The van der Waals surface area contributed by atoms with Crippen molar-refractivity contribution in [3.05, 3.63) is 42.0 Å². The number of hydrogen-bond acceptors (Lipinski definition) is 2. The minimum Gasteiger partial charge on any atom is -0.481 e. The molecule has 20 heavy (non-hydrogen) atoms. The third kappa shape index (κ3) is 3.95. The molecule has 0 heterocycles. The van der Waals surface area contributed by atoms with E-state index < -0.39 is 5.97 Å². The highest BCUT2D eigenvalue weighted by Crippen LogP contribution is 2.22. The van der Waals surface area contributed by atoms with Gasteiger partial charge in [-0.2, -0.15) is 0 Å². The summed E-state index contributed by atoms with van der Waals surface area (Å²) in [5.41, 5.74) is 1.60. The van der Waals surface area contributed by atoms with Gasteiger partial charge >= 0.3 is 5.97 Å². The molecule has 0 fully saturated rings. The van der Waals surface area contributed by atoms with Crippen LogP contribution in [0.2, 0.25) is 0 Å². The minimum absolute atomic E-state index is 0.0209. The summed E-state index contributed by atoms with van der Waals surface area (Å²) < 4.78 is 0. The van der Waals surface area contributed by atoms with Crippen LogP contribution in [-0.2, 0) is 16.0 Å². The fourth-order valence-electron chi connectivity index (χ4n) is 2.37. The normalized spacial score (nSPS) is 17.7. The second-order valence-electron chi connectivity index (χ2n) is 5.02. The van der Waals surface area contributed by atoms with Gasteiger partial charge in [-0.25, -0.2) is 0 Å². The van der Waals surface area contributed by atoms with Gasteiger partial charge in [0.25, 0.3) is 0 Å². The second kappa shape index (κ2) is 6.89. The van der Waals surface area contributed by atoms with Crippen molar-refractivity contribution in [3.8, 4) is 0 Å². The first-order valence-electron chi connectivity index (χ1n) is 6.92. The smallest absolute Gasteiger partial charge is 0.303 e. The number of carbonyl (C=O) groups excluding carboxylic acids is 1. The lowest BCUT2D eigenvalue weighted by atomic mass is 9.93. The van der Waals surface area contributed by atoms with Crippen molar-refractivity contribution in [1.29, 1.82) is 0 Å². The summed E-state index contributed by atoms with van der Waals surface area (Å²) in [7, 11) is 0. The van der Waals surface area contributed by atoms with Gasteiger partial charge in [0.1, 0.15) is 0 Å². The maximum atomic E-state index is 12.2. The fraction of sp³-hybridized carbons (Fsp3) is 0.375. The molecule has 0 saturated carbocycles. The Kier molecular flexibility index (Phi) is 4.93. The van der Waals surface area contributed by atoms with Crippen LogP contribution in [0.3, 0.4) is 0 Å². The van der Waals surface area contributed by atoms with Crippen molar-refractivity contribution in [3.63, 3.8) is 0 Å². The summed E-state index contributed by atoms with van der Waals surface area (Å²) in [4.78, 5) is 22.9. The maximum Gasteiger partial charge on any atom is 0.303 e. The monoisotopic (exact) mass is 273 g/mol. The van der Waals surface area contributed by atoms with E-state index in [1.165, 1.54) is 0 Å². The molecule has 4 nitrogen and oxygen atoms in total. The Hall–Kier alpha value is -2.10. The van der Waals surface area contributed by atoms with Crippen LogP contribution in [0.15, 0.2) is 36.4 Å². The van der Waals surface area contributed by atoms with Crippen LogP contribution >= 0.6 is 0 Å². The van der Waals surface area contributed by atoms with E-state index in [2.05, 4.69) is 11.4 Å². The summed E-state index contributed by atoms with van der Waals surface area (Å²) >= 11 is 0. The van der Waals surface area contributed by atoms with Gasteiger partial charge in [-0.15, -0.1) is 0 Å². The first-order valence-corrected chi connectivity index (χ1v) is 6.92. The molecule has 1 unspecified atom stereocenters. The molecule has 0 radical (unpaired) electrons. The summed E-state index contributed by atoms with van der Waals surface area (Å²) in [6, 6.07) is 7.39. The van der Waals surface area contributed by atoms with Crippen LogP contribution in [0.25, 0.3) is 0 Å². The fourth-order valence-corrected chi connectivity index (χ4v) is 2.37. The van der Waals surface area contributed by atoms with Gasteiger partial charge < -0.3 is 10.4 Å². The zero-order chi connectivity index (χ0) is 14.4. The first kappa shape index (κ1) is 14.3. The lowest BCUT2D eigenvalue weighted by Gasteiger charge is -2.18. The average molecular weight is 273 g/mol. The molecule has 2 N–H and O–H groups in total. The van der Waals surface area contributed by atoms with Crippen LogP contribution in [0, 0.1) is 5.92 Å². The Bertz CT molecular complexity index is 522. The number of amides is 1. The van der Waals surface area contributed by atoms with Crippen LogP contribution < -0.4 is 5.32 Å². The van der Waals surface area contributed by atoms with E-state index in [0.29, 0.717) is 6.42 Å². The molecular weight excluding hydrogens is 254 g/mol. The Morgan fingerprint density at radius 1 is 1.25 bits per heavy atom. The van der Waals surface area contributed by atoms with Gasteiger partial charge in [-0.05, 0) is 37.3 Å². The lowest BCUT2D eigenvalue weighted by Crippen LogP contribution is -2.24. The number of aryl methyl sites for hydroxylation is 1. The van der Waals surface area contributed by atoms with Crippen LogP contribution in [-0.4, -0.2) is 17.0 Å². The van der Waals surface area contributed by atoms with Gasteiger partial charge in [-0.3, -0.25) is 9.59 Å². The first-order chi connectivity index (χ1) is 9.66. The van der Waals surface area contributed by atoms with Gasteiger partial charge in [0.2, 0.25) is 5.91 Å². The third-order valence-electron chi connectivity index (χ3n) is 3.52. The highest BCUT2D eigenvalue weighted by atomic mass is 16.4. The molecule has 2 rings (SSSR count). The van der Waals surface area contributed by atoms with Crippen molar-refractivity contribution < 1.29 is 14.7 Å². The number of rotatable bonds is 5. The topological polar surface area (TPSA) is 66.4 Å². The number of allylic oxidation sites excluding steroid dienone is 2. The van der Waals surface area contributed by atoms with Crippen molar-refractivity contribution in [2.45, 2.75) is 32.1 Å². The summed E-state index contributed by atoms with van der Waals surface area (Å²) in [5.74, 6) is -0.784. The molecule has 1 atom stereocenters. The molecule has 0 aromatic heterocycles. The largest absolute Gasteiger partial charge is 0.481 e. The summed E-state index contributed by atoms with van der Waals surface area (Å²) in [6.07, 6.45) is 7.24. The van der Waals surface area contributed by atoms with Crippen molar-refractivity contribution >= 4 is 17.6 Å². The minimum atomic E-state index is -0.830. The molecule has 106 valence electrons. The molecular formula is C16H19NO3. The lowest BCUT2D eigenvalue weighted by molar-refractivity contribution is -0.137. The number of nitrogens with one attached hydrogen (secondary N) is 1. The molecule has 0 bridgehead atoms. The molecule has 1 amide bonds. The van der Waals surface area contributed by atoms with E-state index in [9.17, 15) is 9.59 Å². The maximum absolute atomic E-state index is 12.2. The van der Waals surface area contributed by atoms with E-state index in [1.54, 1.807) is 0 Å². The van der Waals surface area contributed by atoms with Crippen LogP contribution in [0.5, 0.6) is 0 Å². The molecule has 4 heteroatoms. The Balaban J connectivity index is 2.02. The summed E-state index contributed by atoms with van der Waals surface area (Å²) in [5, 5.41) is 11.7. The average Bonchev–Trinajstić information content (AvgIpc) is 2.47. The molecule has 1 aromatic carbocycles. The standard InChI is InChI=1S/C16H19NO3/c18-15(19)11-10-12-6-4-5-9-14(12)17-16(20)13-7-2-1-3-8-13/h1-2,4-6,9,13H,3,7-8,10-11H2,(H,17,20)(H,18,19). The Morgan fingerprint density at radius 2 is 2.05 bits per heavy atom. The van der Waals surface area contributed by atoms with Gasteiger partial charge in [0.05, 0.1) is 0 Å². The SMILES string of the molecule is O=C(O)CCc1ccccc1NC(=O)C1CC=CCC1. The summed E-state index contributed by atoms with van der Waals surface area (Å²) in [6.45, 7) is 0. The second-order valence-corrected chi connectivity index (χ2v) is 5.02. The molecule has 1 aliphatic rings. The van der Waals surface area contributed by atoms with Crippen molar-refractivity contribution in [1.82, 2.24) is 0 Å². The number of anilines is 1. The van der Waals surface area contributed by atoms with Gasteiger partial charge in [0, 0.05) is 18.0 Å². The molecule has 0 spiro atoms. The van der Waals surface area contributed by atoms with E-state index >= 15 is 0 Å². The predicted octanol–water partition coefficient (Wildman–Crippen LogP) is 3.00. The Morgan fingerprint density at radius 3 is 2.75 bits per heavy atom. The number of carboxylic acids is 1. The molecule has 1 aromatic rings. The van der Waals surface area contributed by atoms with Crippen molar-refractivity contribution in [2.24, 2.45) is 5.92 Å². The van der Waals surface area contributed by atoms with Crippen molar-refractivity contribution in [2.75, 3.05) is 5.32 Å². The van der Waals surface area contributed by atoms with Crippen LogP contribution in [0.1, 0.15) is 31.2 Å². The molecule has 0 aliphatic heterocycles. The molecule has 0 saturated heterocycles. The highest BCUT2D eigenvalue weighted by molar-refractivity contribution is 5.93. The molecule has 1 aliphatic carbocycles. The number of aliphatic carboxylic acids is 1.